The molecule has 0 aliphatic rings. The van der Waals surface area contributed by atoms with Gasteiger partial charge < -0.3 is 4.57 Å². The predicted molar refractivity (Wildman–Crippen MR) is 81.5 cm³/mol. The van der Waals surface area contributed by atoms with Crippen LogP contribution in [-0.2, 0) is 13.0 Å². The number of hydrogen-bond acceptors (Lipinski definition) is 3. The molecule has 1 aromatic carbocycles. The third-order valence-corrected chi connectivity index (χ3v) is 3.52. The average molecular weight is 282 g/mol. The first-order chi connectivity index (χ1) is 10.2. The molecule has 0 unspecified atom stereocenters. The van der Waals surface area contributed by atoms with E-state index in [4.69, 9.17) is 0 Å². The van der Waals surface area contributed by atoms with Gasteiger partial charge in [-0.25, -0.2) is 0 Å². The quantitative estimate of drug-likeness (QED) is 0.737. The zero-order chi connectivity index (χ0) is 14.8. The Hall–Kier alpha value is -2.43. The molecule has 2 heterocycles. The van der Waals surface area contributed by atoms with Crippen molar-refractivity contribution in [3.63, 3.8) is 0 Å². The molecule has 0 saturated carbocycles. The van der Waals surface area contributed by atoms with Gasteiger partial charge in [0.05, 0.1) is 6.54 Å². The fourth-order valence-electron chi connectivity index (χ4n) is 2.50. The Morgan fingerprint density at radius 2 is 2.05 bits per heavy atom. The van der Waals surface area contributed by atoms with Crippen molar-refractivity contribution in [3.8, 4) is 0 Å². The molecule has 108 valence electrons. The number of hydrogen-bond donors (Lipinski definition) is 0. The van der Waals surface area contributed by atoms with E-state index in [1.165, 1.54) is 5.56 Å². The second-order valence-electron chi connectivity index (χ2n) is 5.28. The van der Waals surface area contributed by atoms with Gasteiger partial charge in [0, 0.05) is 18.8 Å². The number of aromatic nitrogens is 4. The number of rotatable bonds is 4. The van der Waals surface area contributed by atoms with Crippen molar-refractivity contribution >= 4 is 5.65 Å². The van der Waals surface area contributed by atoms with Crippen LogP contribution in [-0.4, -0.2) is 19.2 Å². The second kappa shape index (κ2) is 5.52. The van der Waals surface area contributed by atoms with Gasteiger partial charge in [0.15, 0.2) is 0 Å². The van der Waals surface area contributed by atoms with Crippen molar-refractivity contribution < 1.29 is 0 Å². The van der Waals surface area contributed by atoms with Gasteiger partial charge in [-0.15, -0.1) is 10.2 Å². The molecule has 0 amide bonds. The second-order valence-corrected chi connectivity index (χ2v) is 5.28. The van der Waals surface area contributed by atoms with Gasteiger partial charge in [0.25, 0.3) is 5.56 Å². The summed E-state index contributed by atoms with van der Waals surface area (Å²) >= 11 is 0. The normalized spacial score (nSPS) is 11.1. The lowest BCUT2D eigenvalue weighted by Crippen LogP contribution is -2.22. The van der Waals surface area contributed by atoms with Gasteiger partial charge in [0.2, 0.25) is 5.65 Å². The van der Waals surface area contributed by atoms with E-state index in [-0.39, 0.29) is 5.56 Å². The Labute approximate surface area is 122 Å². The van der Waals surface area contributed by atoms with Crippen molar-refractivity contribution in [3.05, 3.63) is 64.0 Å². The van der Waals surface area contributed by atoms with Crippen molar-refractivity contribution in [2.24, 2.45) is 0 Å². The minimum atomic E-state index is -0.103. The number of nitrogens with zero attached hydrogens (tertiary/aromatic N) is 4. The lowest BCUT2D eigenvalue weighted by atomic mass is 10.1. The largest absolute Gasteiger partial charge is 0.306 e. The van der Waals surface area contributed by atoms with Crippen LogP contribution in [0, 0.1) is 6.92 Å². The molecular formula is C16H18N4O. The highest BCUT2D eigenvalue weighted by Crippen LogP contribution is 2.06. The highest BCUT2D eigenvalue weighted by atomic mass is 16.1. The van der Waals surface area contributed by atoms with Crippen LogP contribution < -0.4 is 5.56 Å². The Kier molecular flexibility index (Phi) is 3.56. The van der Waals surface area contributed by atoms with Gasteiger partial charge >= 0.3 is 0 Å². The molecule has 0 radical (unpaired) electrons. The minimum Gasteiger partial charge on any atom is -0.306 e. The smallest absolute Gasteiger partial charge is 0.296 e. The summed E-state index contributed by atoms with van der Waals surface area (Å²) in [7, 11) is 0. The van der Waals surface area contributed by atoms with Crippen molar-refractivity contribution in [2.75, 3.05) is 0 Å². The van der Waals surface area contributed by atoms with Crippen LogP contribution in [0.2, 0.25) is 0 Å². The van der Waals surface area contributed by atoms with Gasteiger partial charge in [-0.05, 0) is 18.9 Å². The molecule has 0 bridgehead atoms. The van der Waals surface area contributed by atoms with Gasteiger partial charge in [0.1, 0.15) is 5.82 Å². The molecule has 21 heavy (non-hydrogen) atoms. The van der Waals surface area contributed by atoms with Crippen molar-refractivity contribution in [2.45, 2.75) is 33.2 Å². The average Bonchev–Trinajstić information content (AvgIpc) is 2.87. The van der Waals surface area contributed by atoms with Crippen LogP contribution in [0.1, 0.15) is 30.3 Å². The van der Waals surface area contributed by atoms with E-state index in [1.54, 1.807) is 15.2 Å². The Bertz CT molecular complexity index is 832. The monoisotopic (exact) mass is 282 g/mol. The van der Waals surface area contributed by atoms with Crippen LogP contribution >= 0.6 is 0 Å². The van der Waals surface area contributed by atoms with Crippen LogP contribution in [0.3, 0.4) is 0 Å². The van der Waals surface area contributed by atoms with E-state index >= 15 is 0 Å². The van der Waals surface area contributed by atoms with E-state index < -0.39 is 0 Å². The van der Waals surface area contributed by atoms with Crippen LogP contribution in [0.25, 0.3) is 5.65 Å². The van der Waals surface area contributed by atoms with Crippen LogP contribution in [0.5, 0.6) is 0 Å². The summed E-state index contributed by atoms with van der Waals surface area (Å²) < 4.78 is 3.47. The molecule has 5 nitrogen and oxygen atoms in total. The maximum atomic E-state index is 12.5. The molecule has 2 aromatic heterocycles. The number of fused-ring (bicyclic) bond motifs is 1. The van der Waals surface area contributed by atoms with E-state index in [0.29, 0.717) is 12.2 Å². The molecule has 0 fully saturated rings. The lowest BCUT2D eigenvalue weighted by Gasteiger charge is -2.07. The van der Waals surface area contributed by atoms with E-state index in [9.17, 15) is 4.79 Å². The molecule has 0 aliphatic carbocycles. The minimum absolute atomic E-state index is 0.103. The molecular weight excluding hydrogens is 264 g/mol. The van der Waals surface area contributed by atoms with E-state index in [0.717, 1.165) is 24.2 Å². The molecule has 0 saturated heterocycles. The first-order valence-electron chi connectivity index (χ1n) is 7.17. The fraction of sp³-hybridized carbons (Fsp3) is 0.312. The van der Waals surface area contributed by atoms with Crippen LogP contribution in [0.15, 0.2) is 41.5 Å². The number of aryl methyl sites for hydroxylation is 2. The SMILES string of the molecule is CCCc1nnc2c(=O)n(Cc3cccc(C)c3)ccn12. The summed E-state index contributed by atoms with van der Waals surface area (Å²) in [5, 5.41) is 8.14. The molecule has 3 aromatic rings. The van der Waals surface area contributed by atoms with Gasteiger partial charge in [-0.2, -0.15) is 0 Å². The van der Waals surface area contributed by atoms with Crippen molar-refractivity contribution in [1.82, 2.24) is 19.2 Å². The molecule has 5 heteroatoms. The topological polar surface area (TPSA) is 52.2 Å². The third kappa shape index (κ3) is 2.59. The highest BCUT2D eigenvalue weighted by molar-refractivity contribution is 5.35. The standard InChI is InChI=1S/C16H18N4O/c1-3-5-14-17-18-15-16(21)19(8-9-20(14)15)11-13-7-4-6-12(2)10-13/h4,6-10H,3,5,11H2,1-2H3. The third-order valence-electron chi connectivity index (χ3n) is 3.52. The summed E-state index contributed by atoms with van der Waals surface area (Å²) in [6.07, 6.45) is 5.48. The first kappa shape index (κ1) is 13.5. The Morgan fingerprint density at radius 3 is 2.81 bits per heavy atom. The summed E-state index contributed by atoms with van der Waals surface area (Å²) in [5.74, 6) is 0.840. The Balaban J connectivity index is 2.01. The fourth-order valence-corrected chi connectivity index (χ4v) is 2.50. The molecule has 0 atom stereocenters. The maximum absolute atomic E-state index is 12.5. The first-order valence-corrected chi connectivity index (χ1v) is 7.17. The molecule has 0 aliphatic heterocycles. The summed E-state index contributed by atoms with van der Waals surface area (Å²) in [6.45, 7) is 4.68. The summed E-state index contributed by atoms with van der Waals surface area (Å²) in [4.78, 5) is 12.5. The molecule has 3 rings (SSSR count). The predicted octanol–water partition coefficient (Wildman–Crippen LogP) is 2.20. The van der Waals surface area contributed by atoms with E-state index in [2.05, 4.69) is 23.2 Å². The van der Waals surface area contributed by atoms with Crippen molar-refractivity contribution in [1.29, 1.82) is 0 Å². The van der Waals surface area contributed by atoms with Gasteiger partial charge in [-0.3, -0.25) is 9.20 Å². The summed E-state index contributed by atoms with van der Waals surface area (Å²) in [6, 6.07) is 8.16. The zero-order valence-electron chi connectivity index (χ0n) is 12.3. The Morgan fingerprint density at radius 1 is 1.19 bits per heavy atom. The van der Waals surface area contributed by atoms with Gasteiger partial charge in [-0.1, -0.05) is 36.8 Å². The molecule has 0 spiro atoms. The van der Waals surface area contributed by atoms with Crippen LogP contribution in [0.4, 0.5) is 0 Å². The number of benzene rings is 1. The molecule has 0 N–H and O–H groups in total. The maximum Gasteiger partial charge on any atom is 0.296 e. The zero-order valence-corrected chi connectivity index (χ0v) is 12.3. The summed E-state index contributed by atoms with van der Waals surface area (Å²) in [5.41, 5.74) is 2.59. The van der Waals surface area contributed by atoms with E-state index in [1.807, 2.05) is 31.3 Å². The highest BCUT2D eigenvalue weighted by Gasteiger charge is 2.10. The lowest BCUT2D eigenvalue weighted by molar-refractivity contribution is 0.743.